The molecule has 1 rings (SSSR count). The Kier molecular flexibility index (Phi) is 3.11. The van der Waals surface area contributed by atoms with Crippen LogP contribution in [-0.2, 0) is 6.54 Å². The minimum atomic E-state index is -2.40. The Balaban J connectivity index is 2.85. The molecule has 0 aliphatic rings. The molecule has 0 aliphatic heterocycles. The summed E-state index contributed by atoms with van der Waals surface area (Å²) in [4.78, 5) is 4.08. The molecule has 1 aromatic rings. The van der Waals surface area contributed by atoms with Crippen LogP contribution in [0.3, 0.4) is 0 Å². The Labute approximate surface area is 73.6 Å². The van der Waals surface area contributed by atoms with E-state index in [1.165, 1.54) is 0 Å². The molecule has 2 nitrogen and oxygen atoms in total. The third-order valence-corrected chi connectivity index (χ3v) is 2.57. The molecule has 0 radical (unpaired) electrons. The van der Waals surface area contributed by atoms with Crippen LogP contribution in [0.1, 0.15) is 22.0 Å². The van der Waals surface area contributed by atoms with E-state index in [0.717, 1.165) is 11.3 Å². The van der Waals surface area contributed by atoms with E-state index in [2.05, 4.69) is 10.3 Å². The molecule has 1 heterocycles. The molecular formula is C7H10F2N2S. The predicted molar refractivity (Wildman–Crippen MR) is 44.6 cm³/mol. The second-order valence-corrected chi connectivity index (χ2v) is 3.50. The van der Waals surface area contributed by atoms with Gasteiger partial charge in [0.2, 0.25) is 0 Å². The van der Waals surface area contributed by atoms with Gasteiger partial charge in [-0.25, -0.2) is 13.8 Å². The zero-order valence-corrected chi connectivity index (χ0v) is 7.71. The van der Waals surface area contributed by atoms with Crippen LogP contribution < -0.4 is 5.32 Å². The van der Waals surface area contributed by atoms with Gasteiger partial charge in [-0.2, -0.15) is 0 Å². The van der Waals surface area contributed by atoms with Crippen molar-refractivity contribution in [1.29, 1.82) is 0 Å². The van der Waals surface area contributed by atoms with Crippen LogP contribution in [-0.4, -0.2) is 12.0 Å². The summed E-state index contributed by atoms with van der Waals surface area (Å²) in [6.45, 7) is 2.16. The lowest BCUT2D eigenvalue weighted by Gasteiger charge is -1.92. The van der Waals surface area contributed by atoms with Crippen molar-refractivity contribution in [2.24, 2.45) is 0 Å². The summed E-state index contributed by atoms with van der Waals surface area (Å²) >= 11 is 1.07. The molecule has 12 heavy (non-hydrogen) atoms. The molecule has 0 saturated heterocycles. The van der Waals surface area contributed by atoms with Crippen molar-refractivity contribution in [3.05, 3.63) is 15.6 Å². The highest BCUT2D eigenvalue weighted by molar-refractivity contribution is 7.11. The van der Waals surface area contributed by atoms with E-state index in [1.807, 2.05) is 0 Å². The first-order valence-corrected chi connectivity index (χ1v) is 4.35. The molecular weight excluding hydrogens is 182 g/mol. The van der Waals surface area contributed by atoms with Gasteiger partial charge in [-0.1, -0.05) is 0 Å². The second-order valence-electron chi connectivity index (χ2n) is 2.39. The van der Waals surface area contributed by atoms with Gasteiger partial charge in [0.15, 0.2) is 0 Å². The van der Waals surface area contributed by atoms with Gasteiger partial charge in [0.1, 0.15) is 5.01 Å². The van der Waals surface area contributed by atoms with E-state index < -0.39 is 6.43 Å². The molecule has 0 amide bonds. The maximum atomic E-state index is 12.2. The number of hydrogen-bond donors (Lipinski definition) is 1. The molecule has 0 bridgehead atoms. The number of rotatable bonds is 3. The van der Waals surface area contributed by atoms with Crippen molar-refractivity contribution < 1.29 is 8.78 Å². The minimum absolute atomic E-state index is 0.0836. The summed E-state index contributed by atoms with van der Waals surface area (Å²) in [6.07, 6.45) is -2.40. The largest absolute Gasteiger partial charge is 0.314 e. The molecule has 0 aromatic carbocycles. The number of aromatic nitrogens is 1. The van der Waals surface area contributed by atoms with E-state index in [1.54, 1.807) is 14.0 Å². The van der Waals surface area contributed by atoms with Gasteiger partial charge < -0.3 is 5.32 Å². The minimum Gasteiger partial charge on any atom is -0.314 e. The Morgan fingerprint density at radius 1 is 1.58 bits per heavy atom. The topological polar surface area (TPSA) is 24.9 Å². The smallest absolute Gasteiger partial charge is 0.274 e. The first kappa shape index (κ1) is 9.54. The fourth-order valence-corrected chi connectivity index (χ4v) is 1.83. The van der Waals surface area contributed by atoms with Crippen LogP contribution in [0.15, 0.2) is 0 Å². The molecule has 0 atom stereocenters. The lowest BCUT2D eigenvalue weighted by molar-refractivity contribution is 0.154. The standard InChI is InChI=1S/C7H10F2N2S/c1-4-6(7(8)9)12-5(11-4)3-10-2/h7,10H,3H2,1-2H3. The first-order chi connectivity index (χ1) is 5.65. The Morgan fingerprint density at radius 3 is 2.67 bits per heavy atom. The number of nitrogens with zero attached hydrogens (tertiary/aromatic N) is 1. The van der Waals surface area contributed by atoms with Crippen molar-refractivity contribution in [2.75, 3.05) is 7.05 Å². The summed E-state index contributed by atoms with van der Waals surface area (Å²) in [5.41, 5.74) is 0.445. The average Bonchev–Trinajstić information content (AvgIpc) is 2.32. The maximum Gasteiger partial charge on any atom is 0.274 e. The Hall–Kier alpha value is -0.550. The summed E-state index contributed by atoms with van der Waals surface area (Å²) in [5.74, 6) is 0. The zero-order chi connectivity index (χ0) is 9.14. The fourth-order valence-electron chi connectivity index (χ4n) is 0.895. The van der Waals surface area contributed by atoms with E-state index in [-0.39, 0.29) is 4.88 Å². The normalized spacial score (nSPS) is 11.1. The van der Waals surface area contributed by atoms with Gasteiger partial charge in [0.05, 0.1) is 10.6 Å². The van der Waals surface area contributed by atoms with Gasteiger partial charge >= 0.3 is 0 Å². The van der Waals surface area contributed by atoms with Gasteiger partial charge in [-0.3, -0.25) is 0 Å². The Bertz CT molecular complexity index is 260. The first-order valence-electron chi connectivity index (χ1n) is 3.54. The van der Waals surface area contributed by atoms with Crippen LogP contribution >= 0.6 is 11.3 Å². The van der Waals surface area contributed by atoms with Gasteiger partial charge in [0.25, 0.3) is 6.43 Å². The third kappa shape index (κ3) is 1.98. The summed E-state index contributed by atoms with van der Waals surface area (Å²) in [7, 11) is 1.76. The number of hydrogen-bond acceptors (Lipinski definition) is 3. The molecule has 0 unspecified atom stereocenters. The highest BCUT2D eigenvalue weighted by Gasteiger charge is 2.15. The number of thiazole rings is 1. The average molecular weight is 192 g/mol. The van der Waals surface area contributed by atoms with Gasteiger partial charge in [-0.05, 0) is 14.0 Å². The molecule has 68 valence electrons. The van der Waals surface area contributed by atoms with Crippen molar-refractivity contribution in [2.45, 2.75) is 19.9 Å². The second kappa shape index (κ2) is 3.91. The van der Waals surface area contributed by atoms with E-state index >= 15 is 0 Å². The molecule has 5 heteroatoms. The van der Waals surface area contributed by atoms with E-state index in [0.29, 0.717) is 17.2 Å². The summed E-state index contributed by atoms with van der Waals surface area (Å²) < 4.78 is 24.5. The summed E-state index contributed by atoms with van der Waals surface area (Å²) in [5, 5.41) is 3.58. The third-order valence-electron chi connectivity index (χ3n) is 1.40. The lowest BCUT2D eigenvalue weighted by Crippen LogP contribution is -2.04. The molecule has 1 N–H and O–H groups in total. The monoisotopic (exact) mass is 192 g/mol. The zero-order valence-electron chi connectivity index (χ0n) is 6.90. The van der Waals surface area contributed by atoms with Crippen molar-refractivity contribution in [3.63, 3.8) is 0 Å². The quantitative estimate of drug-likeness (QED) is 0.793. The summed E-state index contributed by atoms with van der Waals surface area (Å²) in [6, 6.07) is 0. The highest BCUT2D eigenvalue weighted by atomic mass is 32.1. The van der Waals surface area contributed by atoms with E-state index in [4.69, 9.17) is 0 Å². The Morgan fingerprint density at radius 2 is 2.25 bits per heavy atom. The molecule has 0 aliphatic carbocycles. The molecule has 0 fully saturated rings. The lowest BCUT2D eigenvalue weighted by atomic mass is 10.4. The van der Waals surface area contributed by atoms with Crippen molar-refractivity contribution >= 4 is 11.3 Å². The number of halogens is 2. The number of aryl methyl sites for hydroxylation is 1. The number of nitrogens with one attached hydrogen (secondary N) is 1. The predicted octanol–water partition coefficient (Wildman–Crippen LogP) is 2.11. The molecule has 0 spiro atoms. The number of alkyl halides is 2. The molecule has 1 aromatic heterocycles. The van der Waals surface area contributed by atoms with Crippen LogP contribution in [0.2, 0.25) is 0 Å². The van der Waals surface area contributed by atoms with Crippen molar-refractivity contribution in [1.82, 2.24) is 10.3 Å². The van der Waals surface area contributed by atoms with Crippen LogP contribution in [0.5, 0.6) is 0 Å². The van der Waals surface area contributed by atoms with E-state index in [9.17, 15) is 8.78 Å². The maximum absolute atomic E-state index is 12.2. The highest BCUT2D eigenvalue weighted by Crippen LogP contribution is 2.28. The SMILES string of the molecule is CNCc1nc(C)c(C(F)F)s1. The van der Waals surface area contributed by atoms with Crippen molar-refractivity contribution in [3.8, 4) is 0 Å². The molecule has 0 saturated carbocycles. The fraction of sp³-hybridized carbons (Fsp3) is 0.571. The van der Waals surface area contributed by atoms with Gasteiger partial charge in [-0.15, -0.1) is 11.3 Å². The van der Waals surface area contributed by atoms with Crippen LogP contribution in [0.4, 0.5) is 8.78 Å². The van der Waals surface area contributed by atoms with Crippen LogP contribution in [0.25, 0.3) is 0 Å². The van der Waals surface area contributed by atoms with Crippen LogP contribution in [0, 0.1) is 6.92 Å². The van der Waals surface area contributed by atoms with Gasteiger partial charge in [0, 0.05) is 6.54 Å².